The van der Waals surface area contributed by atoms with Crippen molar-refractivity contribution in [3.8, 4) is 0 Å². The largest absolute Gasteiger partial charge is 0.365 e. The molecule has 0 unspecified atom stereocenters. The van der Waals surface area contributed by atoms with Crippen LogP contribution in [0, 0.1) is 13.8 Å². The number of thiophene rings is 1. The monoisotopic (exact) mass is 322 g/mol. The number of carbonyl (C=O) groups excluding carboxylic acids is 1. The number of hydrogen-bond donors (Lipinski definition) is 1. The Balaban J connectivity index is 2.50. The predicted molar refractivity (Wildman–Crippen MR) is 89.7 cm³/mol. The fourth-order valence-electron chi connectivity index (χ4n) is 2.60. The summed E-state index contributed by atoms with van der Waals surface area (Å²) in [5, 5.41) is 0.518. The van der Waals surface area contributed by atoms with E-state index >= 15 is 0 Å². The highest BCUT2D eigenvalue weighted by molar-refractivity contribution is 7.20. The van der Waals surface area contributed by atoms with E-state index in [4.69, 9.17) is 5.73 Å². The molecule has 0 fully saturated rings. The zero-order valence-corrected chi connectivity index (χ0v) is 14.3. The molecule has 22 heavy (non-hydrogen) atoms. The molecule has 120 valence electrons. The van der Waals surface area contributed by atoms with Crippen molar-refractivity contribution in [2.24, 2.45) is 5.73 Å². The lowest BCUT2D eigenvalue weighted by molar-refractivity contribution is 0.100. The molecule has 0 aliphatic carbocycles. The summed E-state index contributed by atoms with van der Waals surface area (Å²) < 4.78 is 1.69. The summed E-state index contributed by atoms with van der Waals surface area (Å²) in [6.45, 7) is 11.1. The highest BCUT2D eigenvalue weighted by Gasteiger charge is 2.19. The van der Waals surface area contributed by atoms with Crippen LogP contribution in [0.3, 0.4) is 0 Å². The first-order valence-electron chi connectivity index (χ1n) is 7.43. The Morgan fingerprint density at radius 3 is 2.50 bits per heavy atom. The average molecular weight is 322 g/mol. The van der Waals surface area contributed by atoms with E-state index in [0.717, 1.165) is 19.6 Å². The molecule has 2 rings (SSSR count). The number of primary amides is 1. The van der Waals surface area contributed by atoms with E-state index in [1.165, 1.54) is 11.3 Å². The number of aryl methyl sites for hydroxylation is 2. The van der Waals surface area contributed by atoms with Gasteiger partial charge in [-0.3, -0.25) is 14.2 Å². The molecule has 0 spiro atoms. The molecule has 0 saturated carbocycles. The molecule has 0 saturated heterocycles. The SMILES string of the molecule is CCN(CC)CCn1c(C)nc2sc(C(N)=O)c(C)c2c1=O. The van der Waals surface area contributed by atoms with Gasteiger partial charge in [-0.05, 0) is 32.5 Å². The molecule has 0 aromatic carbocycles. The first kappa shape index (κ1) is 16.6. The van der Waals surface area contributed by atoms with E-state index in [0.29, 0.717) is 33.0 Å². The Hall–Kier alpha value is -1.73. The molecule has 2 aromatic heterocycles. The van der Waals surface area contributed by atoms with Gasteiger partial charge >= 0.3 is 0 Å². The van der Waals surface area contributed by atoms with Gasteiger partial charge in [0.25, 0.3) is 11.5 Å². The van der Waals surface area contributed by atoms with E-state index < -0.39 is 5.91 Å². The van der Waals surface area contributed by atoms with Crippen LogP contribution in [0.2, 0.25) is 0 Å². The molecule has 0 radical (unpaired) electrons. The van der Waals surface area contributed by atoms with Crippen LogP contribution in [0.5, 0.6) is 0 Å². The van der Waals surface area contributed by atoms with Crippen LogP contribution in [0.1, 0.15) is 34.9 Å². The van der Waals surface area contributed by atoms with E-state index in [1.54, 1.807) is 11.5 Å². The lowest BCUT2D eigenvalue weighted by atomic mass is 10.2. The summed E-state index contributed by atoms with van der Waals surface area (Å²) in [5.41, 5.74) is 5.92. The van der Waals surface area contributed by atoms with Gasteiger partial charge in [0.1, 0.15) is 10.7 Å². The number of rotatable bonds is 6. The van der Waals surface area contributed by atoms with Gasteiger partial charge in [0.2, 0.25) is 0 Å². The summed E-state index contributed by atoms with van der Waals surface area (Å²) in [4.78, 5) is 32.0. The highest BCUT2D eigenvalue weighted by Crippen LogP contribution is 2.26. The van der Waals surface area contributed by atoms with Crippen LogP contribution >= 0.6 is 11.3 Å². The Kier molecular flexibility index (Phi) is 4.97. The second-order valence-corrected chi connectivity index (χ2v) is 6.24. The van der Waals surface area contributed by atoms with Gasteiger partial charge in [-0.25, -0.2) is 4.98 Å². The van der Waals surface area contributed by atoms with Crippen LogP contribution < -0.4 is 11.3 Å². The molecule has 0 aliphatic heterocycles. The number of aromatic nitrogens is 2. The quantitative estimate of drug-likeness (QED) is 0.874. The van der Waals surface area contributed by atoms with Crippen LogP contribution in [-0.2, 0) is 6.54 Å². The topological polar surface area (TPSA) is 81.2 Å². The van der Waals surface area contributed by atoms with Crippen molar-refractivity contribution in [2.75, 3.05) is 19.6 Å². The minimum atomic E-state index is -0.507. The Morgan fingerprint density at radius 1 is 1.32 bits per heavy atom. The maximum atomic E-state index is 12.8. The summed E-state index contributed by atoms with van der Waals surface area (Å²) in [6.07, 6.45) is 0. The molecule has 2 N–H and O–H groups in total. The van der Waals surface area contributed by atoms with Crippen LogP contribution in [0.15, 0.2) is 4.79 Å². The van der Waals surface area contributed by atoms with Crippen LogP contribution in [0.25, 0.3) is 10.2 Å². The zero-order valence-electron chi connectivity index (χ0n) is 13.5. The Morgan fingerprint density at radius 2 is 1.95 bits per heavy atom. The molecule has 0 aliphatic rings. The number of amides is 1. The Labute approximate surface area is 133 Å². The lowest BCUT2D eigenvalue weighted by Gasteiger charge is -2.19. The molecular weight excluding hydrogens is 300 g/mol. The van der Waals surface area contributed by atoms with E-state index in [9.17, 15) is 9.59 Å². The molecular formula is C15H22N4O2S. The van der Waals surface area contributed by atoms with Gasteiger partial charge in [-0.1, -0.05) is 13.8 Å². The first-order valence-corrected chi connectivity index (χ1v) is 8.25. The maximum absolute atomic E-state index is 12.8. The summed E-state index contributed by atoms with van der Waals surface area (Å²) in [7, 11) is 0. The number of carbonyl (C=O) groups is 1. The minimum absolute atomic E-state index is 0.0871. The van der Waals surface area contributed by atoms with Crippen molar-refractivity contribution in [2.45, 2.75) is 34.2 Å². The van der Waals surface area contributed by atoms with Crippen molar-refractivity contribution in [1.82, 2.24) is 14.5 Å². The fraction of sp³-hybridized carbons (Fsp3) is 0.533. The number of likely N-dealkylation sites (N-methyl/N-ethyl adjacent to an activating group) is 1. The second kappa shape index (κ2) is 6.58. The molecule has 7 heteroatoms. The van der Waals surface area contributed by atoms with Crippen LogP contribution in [-0.4, -0.2) is 40.0 Å². The normalized spacial score (nSPS) is 11.5. The number of nitrogens with zero attached hydrogens (tertiary/aromatic N) is 3. The van der Waals surface area contributed by atoms with Crippen molar-refractivity contribution >= 4 is 27.5 Å². The van der Waals surface area contributed by atoms with E-state index in [-0.39, 0.29) is 5.56 Å². The predicted octanol–water partition coefficient (Wildman–Crippen LogP) is 1.52. The van der Waals surface area contributed by atoms with Crippen molar-refractivity contribution in [3.05, 3.63) is 26.6 Å². The molecule has 2 aromatic rings. The minimum Gasteiger partial charge on any atom is -0.365 e. The zero-order chi connectivity index (χ0) is 16.4. The maximum Gasteiger partial charge on any atom is 0.262 e. The third kappa shape index (κ3) is 2.91. The molecule has 1 amide bonds. The van der Waals surface area contributed by atoms with Crippen LogP contribution in [0.4, 0.5) is 0 Å². The summed E-state index contributed by atoms with van der Waals surface area (Å²) in [6, 6.07) is 0. The third-order valence-corrected chi connectivity index (χ3v) is 5.20. The van der Waals surface area contributed by atoms with Gasteiger partial charge < -0.3 is 10.6 Å². The first-order chi connectivity index (χ1) is 10.4. The highest BCUT2D eigenvalue weighted by atomic mass is 32.1. The third-order valence-electron chi connectivity index (χ3n) is 4.00. The number of nitrogens with two attached hydrogens (primary N) is 1. The second-order valence-electron chi connectivity index (χ2n) is 5.24. The standard InChI is InChI=1S/C15H22N4O2S/c1-5-18(6-2)7-8-19-10(4)17-14-11(15(19)21)9(3)12(22-14)13(16)20/h5-8H2,1-4H3,(H2,16,20). The van der Waals surface area contributed by atoms with Gasteiger partial charge in [-0.2, -0.15) is 0 Å². The molecule has 0 atom stereocenters. The van der Waals surface area contributed by atoms with E-state index in [2.05, 4.69) is 23.7 Å². The lowest BCUT2D eigenvalue weighted by Crippen LogP contribution is -2.32. The summed E-state index contributed by atoms with van der Waals surface area (Å²) in [5.74, 6) is 0.161. The molecule has 6 nitrogen and oxygen atoms in total. The van der Waals surface area contributed by atoms with Crippen molar-refractivity contribution in [1.29, 1.82) is 0 Å². The Bertz CT molecular complexity index is 759. The molecule has 2 heterocycles. The van der Waals surface area contributed by atoms with Crippen molar-refractivity contribution in [3.63, 3.8) is 0 Å². The average Bonchev–Trinajstić information content (AvgIpc) is 2.80. The summed E-state index contributed by atoms with van der Waals surface area (Å²) >= 11 is 1.19. The van der Waals surface area contributed by atoms with Gasteiger partial charge in [-0.15, -0.1) is 11.3 Å². The van der Waals surface area contributed by atoms with Gasteiger partial charge in [0.15, 0.2) is 0 Å². The van der Waals surface area contributed by atoms with Gasteiger partial charge in [0.05, 0.1) is 10.3 Å². The smallest absolute Gasteiger partial charge is 0.262 e. The number of fused-ring (bicyclic) bond motifs is 1. The number of hydrogen-bond acceptors (Lipinski definition) is 5. The molecule has 0 bridgehead atoms. The van der Waals surface area contributed by atoms with E-state index in [1.807, 2.05) is 6.92 Å². The van der Waals surface area contributed by atoms with Gasteiger partial charge in [0, 0.05) is 13.1 Å². The van der Waals surface area contributed by atoms with Crippen molar-refractivity contribution < 1.29 is 4.79 Å². The fourth-order valence-corrected chi connectivity index (χ4v) is 3.67.